The van der Waals surface area contributed by atoms with Crippen LogP contribution in [0.2, 0.25) is 0 Å². The van der Waals surface area contributed by atoms with E-state index in [0.29, 0.717) is 0 Å². The van der Waals surface area contributed by atoms with Crippen molar-refractivity contribution < 1.29 is 13.2 Å². The van der Waals surface area contributed by atoms with Crippen molar-refractivity contribution in [2.45, 2.75) is 19.2 Å². The van der Waals surface area contributed by atoms with Gasteiger partial charge in [-0.1, -0.05) is 42.0 Å². The van der Waals surface area contributed by atoms with Crippen LogP contribution in [0.25, 0.3) is 0 Å². The van der Waals surface area contributed by atoms with Crippen molar-refractivity contribution in [1.82, 2.24) is 4.72 Å². The third kappa shape index (κ3) is 4.88. The van der Waals surface area contributed by atoms with Gasteiger partial charge in [-0.3, -0.25) is 0 Å². The molecule has 0 aliphatic rings. The van der Waals surface area contributed by atoms with Gasteiger partial charge in [-0.05, 0) is 30.2 Å². The van der Waals surface area contributed by atoms with Crippen LogP contribution in [0.4, 0.5) is 0 Å². The summed E-state index contributed by atoms with van der Waals surface area (Å²) in [4.78, 5) is 0. The van der Waals surface area contributed by atoms with Gasteiger partial charge in [-0.15, -0.1) is 0 Å². The molecule has 0 aliphatic heterocycles. The van der Waals surface area contributed by atoms with Crippen LogP contribution >= 0.6 is 0 Å². The molecule has 4 nitrogen and oxygen atoms in total. The van der Waals surface area contributed by atoms with Gasteiger partial charge in [0.1, 0.15) is 5.75 Å². The van der Waals surface area contributed by atoms with E-state index < -0.39 is 10.0 Å². The van der Waals surface area contributed by atoms with Gasteiger partial charge in [0, 0.05) is 6.54 Å². The number of methoxy groups -OCH3 is 1. The lowest BCUT2D eigenvalue weighted by molar-refractivity contribution is 0.414. The summed E-state index contributed by atoms with van der Waals surface area (Å²) in [6.07, 6.45) is 0. The Balaban J connectivity index is 1.97. The molecule has 0 spiro atoms. The lowest BCUT2D eigenvalue weighted by atomic mass is 10.2. The van der Waals surface area contributed by atoms with Crippen LogP contribution < -0.4 is 9.46 Å². The SMILES string of the molecule is COc1ccc(CNS(=O)(=O)Cc2cccc(C)c2)cc1. The second-order valence-electron chi connectivity index (χ2n) is 4.92. The lowest BCUT2D eigenvalue weighted by Gasteiger charge is -2.08. The van der Waals surface area contributed by atoms with Crippen LogP contribution in [0, 0.1) is 6.92 Å². The first-order valence-electron chi connectivity index (χ1n) is 6.64. The quantitative estimate of drug-likeness (QED) is 0.892. The molecule has 0 atom stereocenters. The highest BCUT2D eigenvalue weighted by Gasteiger charge is 2.11. The van der Waals surface area contributed by atoms with Crippen LogP contribution in [0.5, 0.6) is 5.75 Å². The minimum atomic E-state index is -3.35. The largest absolute Gasteiger partial charge is 0.497 e. The zero-order chi connectivity index (χ0) is 15.3. The van der Waals surface area contributed by atoms with Gasteiger partial charge in [0.05, 0.1) is 12.9 Å². The fourth-order valence-electron chi connectivity index (χ4n) is 2.01. The first-order valence-corrected chi connectivity index (χ1v) is 8.29. The number of benzene rings is 2. The van der Waals surface area contributed by atoms with Crippen LogP contribution in [0.15, 0.2) is 48.5 Å². The Bertz CT molecular complexity index is 694. The average molecular weight is 305 g/mol. The zero-order valence-electron chi connectivity index (χ0n) is 12.2. The summed E-state index contributed by atoms with van der Waals surface area (Å²) in [5.74, 6) is 0.742. The molecule has 0 saturated heterocycles. The highest BCUT2D eigenvalue weighted by molar-refractivity contribution is 7.88. The summed E-state index contributed by atoms with van der Waals surface area (Å²) in [5, 5.41) is 0. The van der Waals surface area contributed by atoms with Crippen LogP contribution in [-0.4, -0.2) is 15.5 Å². The highest BCUT2D eigenvalue weighted by atomic mass is 32.2. The topological polar surface area (TPSA) is 55.4 Å². The van der Waals surface area contributed by atoms with Crippen LogP contribution in [0.3, 0.4) is 0 Å². The summed E-state index contributed by atoms with van der Waals surface area (Å²) in [6.45, 7) is 2.22. The third-order valence-corrected chi connectivity index (χ3v) is 4.39. The van der Waals surface area contributed by atoms with E-state index in [9.17, 15) is 8.42 Å². The van der Waals surface area contributed by atoms with E-state index in [-0.39, 0.29) is 12.3 Å². The van der Waals surface area contributed by atoms with Crippen molar-refractivity contribution in [2.24, 2.45) is 0 Å². The first kappa shape index (κ1) is 15.5. The summed E-state index contributed by atoms with van der Waals surface area (Å²) >= 11 is 0. The second kappa shape index (κ2) is 6.74. The molecule has 0 fully saturated rings. The van der Waals surface area contributed by atoms with Gasteiger partial charge in [0.25, 0.3) is 0 Å². The summed E-state index contributed by atoms with van der Waals surface area (Å²) in [7, 11) is -1.75. The number of hydrogen-bond donors (Lipinski definition) is 1. The molecule has 0 saturated carbocycles. The van der Waals surface area contributed by atoms with Crippen molar-refractivity contribution in [2.75, 3.05) is 7.11 Å². The molecule has 0 amide bonds. The standard InChI is InChI=1S/C16H19NO3S/c1-13-4-3-5-15(10-13)12-21(18,19)17-11-14-6-8-16(20-2)9-7-14/h3-10,17H,11-12H2,1-2H3. The molecule has 0 radical (unpaired) electrons. The number of ether oxygens (including phenoxy) is 1. The van der Waals surface area contributed by atoms with Gasteiger partial charge in [-0.25, -0.2) is 13.1 Å². The van der Waals surface area contributed by atoms with Crippen LogP contribution in [-0.2, 0) is 22.3 Å². The number of sulfonamides is 1. The molecule has 1 N–H and O–H groups in total. The van der Waals surface area contributed by atoms with Gasteiger partial charge in [0.15, 0.2) is 0 Å². The zero-order valence-corrected chi connectivity index (χ0v) is 13.0. The lowest BCUT2D eigenvalue weighted by Crippen LogP contribution is -2.24. The molecule has 0 bridgehead atoms. The number of hydrogen-bond acceptors (Lipinski definition) is 3. The van der Waals surface area contributed by atoms with Crippen LogP contribution in [0.1, 0.15) is 16.7 Å². The molecular weight excluding hydrogens is 286 g/mol. The van der Waals surface area contributed by atoms with Crippen molar-refractivity contribution in [3.05, 3.63) is 65.2 Å². The molecule has 21 heavy (non-hydrogen) atoms. The number of rotatable bonds is 6. The van der Waals surface area contributed by atoms with Gasteiger partial charge in [0.2, 0.25) is 10.0 Å². The highest BCUT2D eigenvalue weighted by Crippen LogP contribution is 2.12. The van der Waals surface area contributed by atoms with Gasteiger partial charge in [-0.2, -0.15) is 0 Å². The summed E-state index contributed by atoms with van der Waals surface area (Å²) < 4.78 is 31.8. The number of nitrogens with one attached hydrogen (secondary N) is 1. The number of aryl methyl sites for hydroxylation is 1. The van der Waals surface area contributed by atoms with Crippen molar-refractivity contribution >= 4 is 10.0 Å². The fourth-order valence-corrected chi connectivity index (χ4v) is 3.12. The normalized spacial score (nSPS) is 11.3. The van der Waals surface area contributed by atoms with E-state index in [1.807, 2.05) is 55.5 Å². The maximum atomic E-state index is 12.1. The molecule has 2 rings (SSSR count). The smallest absolute Gasteiger partial charge is 0.216 e. The molecule has 5 heteroatoms. The molecular formula is C16H19NO3S. The predicted octanol–water partition coefficient (Wildman–Crippen LogP) is 2.62. The van der Waals surface area contributed by atoms with E-state index in [2.05, 4.69) is 4.72 Å². The minimum Gasteiger partial charge on any atom is -0.497 e. The Morgan fingerprint density at radius 3 is 2.38 bits per heavy atom. The van der Waals surface area contributed by atoms with Crippen molar-refractivity contribution in [3.63, 3.8) is 0 Å². The molecule has 0 aromatic heterocycles. The summed E-state index contributed by atoms with van der Waals surface area (Å²) in [5.41, 5.74) is 2.73. The molecule has 0 heterocycles. The van der Waals surface area contributed by atoms with E-state index in [0.717, 1.165) is 22.4 Å². The van der Waals surface area contributed by atoms with E-state index in [1.54, 1.807) is 7.11 Å². The van der Waals surface area contributed by atoms with Crippen molar-refractivity contribution in [1.29, 1.82) is 0 Å². The maximum Gasteiger partial charge on any atom is 0.216 e. The maximum absolute atomic E-state index is 12.1. The Labute approximate surface area is 125 Å². The second-order valence-corrected chi connectivity index (χ2v) is 6.72. The van der Waals surface area contributed by atoms with Crippen molar-refractivity contribution in [3.8, 4) is 5.75 Å². The Morgan fingerprint density at radius 2 is 1.76 bits per heavy atom. The molecule has 0 unspecified atom stereocenters. The molecule has 0 aliphatic carbocycles. The van der Waals surface area contributed by atoms with Gasteiger partial charge >= 0.3 is 0 Å². The van der Waals surface area contributed by atoms with E-state index in [1.165, 1.54) is 0 Å². The minimum absolute atomic E-state index is 0.00909. The Hall–Kier alpha value is -1.85. The predicted molar refractivity (Wildman–Crippen MR) is 83.6 cm³/mol. The Morgan fingerprint density at radius 1 is 1.05 bits per heavy atom. The third-order valence-electron chi connectivity index (χ3n) is 3.09. The summed E-state index contributed by atoms with van der Waals surface area (Å²) in [6, 6.07) is 14.8. The first-order chi connectivity index (χ1) is 9.98. The fraction of sp³-hybridized carbons (Fsp3) is 0.250. The van der Waals surface area contributed by atoms with E-state index >= 15 is 0 Å². The molecule has 2 aromatic carbocycles. The molecule has 112 valence electrons. The average Bonchev–Trinajstić information content (AvgIpc) is 2.45. The van der Waals surface area contributed by atoms with E-state index in [4.69, 9.17) is 4.74 Å². The monoisotopic (exact) mass is 305 g/mol. The van der Waals surface area contributed by atoms with Gasteiger partial charge < -0.3 is 4.74 Å². The molecule has 2 aromatic rings. The Kier molecular flexibility index (Phi) is 4.98.